The fourth-order valence-corrected chi connectivity index (χ4v) is 3.00. The van der Waals surface area contributed by atoms with E-state index < -0.39 is 0 Å². The first-order valence-electron chi connectivity index (χ1n) is 3.80. The first kappa shape index (κ1) is 10.3. The molecule has 1 aromatic heterocycles. The molecule has 0 radical (unpaired) electrons. The molecule has 0 bridgehead atoms. The van der Waals surface area contributed by atoms with Crippen molar-refractivity contribution < 1.29 is 0 Å². The van der Waals surface area contributed by atoms with Crippen molar-refractivity contribution in [3.8, 4) is 0 Å². The first-order valence-corrected chi connectivity index (χ1v) is 5.70. The zero-order valence-electron chi connectivity index (χ0n) is 7.49. The highest BCUT2D eigenvalue weighted by Gasteiger charge is 2.10. The summed E-state index contributed by atoms with van der Waals surface area (Å²) in [5.74, 6) is 0. The lowest BCUT2D eigenvalue weighted by molar-refractivity contribution is 0.818. The summed E-state index contributed by atoms with van der Waals surface area (Å²) < 4.78 is 1.39. The lowest BCUT2D eigenvalue weighted by Crippen LogP contribution is -2.07. The summed E-state index contributed by atoms with van der Waals surface area (Å²) in [5.41, 5.74) is 1.39. The van der Waals surface area contributed by atoms with Crippen molar-refractivity contribution in [2.75, 3.05) is 19.4 Å². The first-order chi connectivity index (χ1) is 5.70. The Kier molecular flexibility index (Phi) is 3.79. The fraction of sp³-hybridized carbons (Fsp3) is 0.500. The van der Waals surface area contributed by atoms with Crippen LogP contribution in [0, 0.1) is 10.5 Å². The highest BCUT2D eigenvalue weighted by molar-refractivity contribution is 14.1. The van der Waals surface area contributed by atoms with Gasteiger partial charge in [-0.15, -0.1) is 11.3 Å². The Morgan fingerprint density at radius 3 is 2.58 bits per heavy atom. The molecule has 4 heteroatoms. The van der Waals surface area contributed by atoms with Crippen LogP contribution in [0.5, 0.6) is 0 Å². The predicted molar refractivity (Wildman–Crippen MR) is 64.1 cm³/mol. The zero-order valence-corrected chi connectivity index (χ0v) is 10.5. The lowest BCUT2D eigenvalue weighted by atomic mass is 10.3. The Morgan fingerprint density at radius 1 is 1.42 bits per heavy atom. The molecule has 0 saturated heterocycles. The van der Waals surface area contributed by atoms with Gasteiger partial charge in [-0.3, -0.25) is 0 Å². The molecule has 0 aliphatic heterocycles. The third-order valence-corrected chi connectivity index (χ3v) is 4.68. The number of anilines is 1. The highest BCUT2D eigenvalue weighted by atomic mass is 127. The van der Waals surface area contributed by atoms with E-state index >= 15 is 0 Å². The summed E-state index contributed by atoms with van der Waals surface area (Å²) in [7, 11) is 3.95. The average molecular weight is 296 g/mol. The second-order valence-electron chi connectivity index (χ2n) is 2.56. The molecule has 2 nitrogen and oxygen atoms in total. The zero-order chi connectivity index (χ0) is 9.14. The number of aryl methyl sites for hydroxylation is 1. The number of halogens is 1. The molecule has 0 unspecified atom stereocenters. The van der Waals surface area contributed by atoms with Gasteiger partial charge in [0.05, 0.1) is 5.00 Å². The third-order valence-electron chi connectivity index (χ3n) is 1.68. The van der Waals surface area contributed by atoms with Crippen LogP contribution in [-0.2, 0) is 6.54 Å². The molecule has 1 heterocycles. The van der Waals surface area contributed by atoms with Crippen LogP contribution in [-0.4, -0.2) is 14.1 Å². The van der Waals surface area contributed by atoms with Gasteiger partial charge in [-0.1, -0.05) is 0 Å². The van der Waals surface area contributed by atoms with E-state index in [1.807, 2.05) is 25.4 Å². The molecule has 0 aliphatic rings. The van der Waals surface area contributed by atoms with Gasteiger partial charge in [0.2, 0.25) is 0 Å². The largest absolute Gasteiger partial charge is 0.380 e. The van der Waals surface area contributed by atoms with E-state index in [4.69, 9.17) is 0 Å². The van der Waals surface area contributed by atoms with Crippen LogP contribution in [0.25, 0.3) is 0 Å². The Bertz CT molecular complexity index is 270. The van der Waals surface area contributed by atoms with Crippen molar-refractivity contribution in [3.63, 3.8) is 0 Å². The van der Waals surface area contributed by atoms with Crippen molar-refractivity contribution in [2.45, 2.75) is 13.5 Å². The van der Waals surface area contributed by atoms with Gasteiger partial charge in [-0.25, -0.2) is 0 Å². The number of thiophene rings is 1. The van der Waals surface area contributed by atoms with Crippen LogP contribution in [0.4, 0.5) is 5.00 Å². The number of rotatable bonds is 3. The summed E-state index contributed by atoms with van der Waals surface area (Å²) >= 11 is 4.23. The van der Waals surface area contributed by atoms with Crippen LogP contribution >= 0.6 is 33.9 Å². The van der Waals surface area contributed by atoms with Crippen molar-refractivity contribution in [1.29, 1.82) is 0 Å². The molecule has 0 fully saturated rings. The summed E-state index contributed by atoms with van der Waals surface area (Å²) in [6.07, 6.45) is 0. The Hall–Kier alpha value is 0.190. The van der Waals surface area contributed by atoms with Gasteiger partial charge >= 0.3 is 0 Å². The molecule has 1 rings (SSSR count). The van der Waals surface area contributed by atoms with Crippen molar-refractivity contribution in [1.82, 2.24) is 5.32 Å². The van der Waals surface area contributed by atoms with E-state index in [1.54, 1.807) is 0 Å². The predicted octanol–water partition coefficient (Wildman–Crippen LogP) is 2.42. The standard InChI is InChI=1S/C8H13IN2S/c1-5-7(9)6(4-10-2)8(11-3)12-5/h10-11H,4H2,1-3H3. The van der Waals surface area contributed by atoms with Crippen LogP contribution in [0.1, 0.15) is 10.4 Å². The maximum Gasteiger partial charge on any atom is 0.0939 e. The maximum absolute atomic E-state index is 3.22. The molecule has 68 valence electrons. The summed E-state index contributed by atoms with van der Waals surface area (Å²) in [5, 5.41) is 7.67. The molecule has 0 aliphatic carbocycles. The van der Waals surface area contributed by atoms with E-state index in [2.05, 4.69) is 40.1 Å². The maximum atomic E-state index is 3.22. The summed E-state index contributed by atoms with van der Waals surface area (Å²) in [6, 6.07) is 0. The van der Waals surface area contributed by atoms with Gasteiger partial charge in [0.15, 0.2) is 0 Å². The number of nitrogens with one attached hydrogen (secondary N) is 2. The molecular weight excluding hydrogens is 283 g/mol. The normalized spacial score (nSPS) is 10.3. The molecule has 0 saturated carbocycles. The van der Waals surface area contributed by atoms with E-state index in [0.29, 0.717) is 0 Å². The molecule has 0 amide bonds. The van der Waals surface area contributed by atoms with Gasteiger partial charge in [0.25, 0.3) is 0 Å². The molecule has 12 heavy (non-hydrogen) atoms. The molecule has 0 atom stereocenters. The lowest BCUT2D eigenvalue weighted by Gasteiger charge is -2.02. The minimum atomic E-state index is 0.943. The van der Waals surface area contributed by atoms with Gasteiger partial charge in [0.1, 0.15) is 0 Å². The van der Waals surface area contributed by atoms with Crippen LogP contribution in [0.3, 0.4) is 0 Å². The summed E-state index contributed by atoms with van der Waals surface area (Å²) in [4.78, 5) is 1.39. The molecular formula is C8H13IN2S. The Labute approximate surface area is 90.9 Å². The SMILES string of the molecule is CNCc1c(NC)sc(C)c1I. The number of hydrogen-bond acceptors (Lipinski definition) is 3. The molecule has 1 aromatic rings. The summed E-state index contributed by atoms with van der Waals surface area (Å²) in [6.45, 7) is 3.10. The van der Waals surface area contributed by atoms with E-state index in [1.165, 1.54) is 19.0 Å². The van der Waals surface area contributed by atoms with E-state index in [0.717, 1.165) is 6.54 Å². The topological polar surface area (TPSA) is 24.1 Å². The van der Waals surface area contributed by atoms with Crippen molar-refractivity contribution in [2.24, 2.45) is 0 Å². The van der Waals surface area contributed by atoms with Crippen LogP contribution in [0.15, 0.2) is 0 Å². The van der Waals surface area contributed by atoms with Crippen molar-refractivity contribution in [3.05, 3.63) is 14.0 Å². The van der Waals surface area contributed by atoms with Crippen LogP contribution in [0.2, 0.25) is 0 Å². The van der Waals surface area contributed by atoms with Crippen LogP contribution < -0.4 is 10.6 Å². The highest BCUT2D eigenvalue weighted by Crippen LogP contribution is 2.33. The van der Waals surface area contributed by atoms with Gasteiger partial charge in [-0.2, -0.15) is 0 Å². The van der Waals surface area contributed by atoms with E-state index in [9.17, 15) is 0 Å². The Morgan fingerprint density at radius 2 is 2.08 bits per heavy atom. The quantitative estimate of drug-likeness (QED) is 0.837. The molecule has 0 aromatic carbocycles. The average Bonchev–Trinajstić information content (AvgIpc) is 2.33. The van der Waals surface area contributed by atoms with Crippen molar-refractivity contribution >= 4 is 38.9 Å². The monoisotopic (exact) mass is 296 g/mol. The Balaban J connectivity index is 3.03. The van der Waals surface area contributed by atoms with E-state index in [-0.39, 0.29) is 0 Å². The second-order valence-corrected chi connectivity index (χ2v) is 4.86. The minimum Gasteiger partial charge on any atom is -0.380 e. The smallest absolute Gasteiger partial charge is 0.0939 e. The van der Waals surface area contributed by atoms with Gasteiger partial charge in [-0.05, 0) is 36.6 Å². The van der Waals surface area contributed by atoms with Gasteiger partial charge < -0.3 is 10.6 Å². The van der Waals surface area contributed by atoms with Gasteiger partial charge in [0, 0.05) is 27.6 Å². The second kappa shape index (κ2) is 4.43. The number of hydrogen-bond donors (Lipinski definition) is 2. The molecule has 0 spiro atoms. The molecule has 2 N–H and O–H groups in total. The fourth-order valence-electron chi connectivity index (χ4n) is 1.11. The third kappa shape index (κ3) is 1.92. The minimum absolute atomic E-state index is 0.943.